The average molecular weight is 382 g/mol. The Bertz CT molecular complexity index is 592. The molecule has 1 aromatic carbocycles. The van der Waals surface area contributed by atoms with E-state index in [1.807, 2.05) is 30.0 Å². The summed E-state index contributed by atoms with van der Waals surface area (Å²) in [7, 11) is 0. The Morgan fingerprint density at radius 1 is 1.28 bits per heavy atom. The van der Waals surface area contributed by atoms with Crippen molar-refractivity contribution in [3.8, 4) is 0 Å². The second kappa shape index (κ2) is 9.15. The maximum absolute atomic E-state index is 12.3. The molecule has 1 aromatic rings. The van der Waals surface area contributed by atoms with E-state index in [0.29, 0.717) is 17.5 Å². The maximum Gasteiger partial charge on any atom is 0.225 e. The van der Waals surface area contributed by atoms with E-state index < -0.39 is 0 Å². The Morgan fingerprint density at radius 2 is 2.08 bits per heavy atom. The van der Waals surface area contributed by atoms with Gasteiger partial charge < -0.3 is 15.1 Å². The number of hydrogen-bond acceptors (Lipinski definition) is 4. The fourth-order valence-corrected chi connectivity index (χ4v) is 4.81. The molecule has 3 rings (SSSR count). The van der Waals surface area contributed by atoms with E-state index >= 15 is 0 Å². The quantitative estimate of drug-likeness (QED) is 0.833. The molecule has 0 bridgehead atoms. The van der Waals surface area contributed by atoms with Gasteiger partial charge in [0.15, 0.2) is 0 Å². The molecule has 2 saturated heterocycles. The molecule has 1 amide bonds. The molecule has 0 saturated carbocycles. The standard InChI is InChI=1S/C19H28ClN3OS/c1-15-4-2-3-8-22(15)9-7-19(24)21-16-5-6-18(17(20)14-16)23-10-12-25-13-11-23/h5-6,14-15H,2-4,7-13H2,1H3,(H,21,24). The van der Waals surface area contributed by atoms with Crippen molar-refractivity contribution in [2.75, 3.05) is 47.9 Å². The SMILES string of the molecule is CC1CCCCN1CCC(=O)Nc1ccc(N2CCSCC2)c(Cl)c1. The molecule has 0 radical (unpaired) electrons. The van der Waals surface area contributed by atoms with E-state index in [1.54, 1.807) is 0 Å². The summed E-state index contributed by atoms with van der Waals surface area (Å²) in [4.78, 5) is 17.0. The second-order valence-corrected chi connectivity index (χ2v) is 8.58. The molecule has 2 fully saturated rings. The van der Waals surface area contributed by atoms with Gasteiger partial charge in [-0.3, -0.25) is 4.79 Å². The number of hydrogen-bond donors (Lipinski definition) is 1. The van der Waals surface area contributed by atoms with Crippen molar-refractivity contribution < 1.29 is 4.79 Å². The van der Waals surface area contributed by atoms with Gasteiger partial charge in [0.05, 0.1) is 10.7 Å². The third-order valence-corrected chi connectivity index (χ3v) is 6.40. The molecule has 1 unspecified atom stereocenters. The van der Waals surface area contributed by atoms with Crippen LogP contribution in [0.2, 0.25) is 5.02 Å². The first kappa shape index (κ1) is 18.9. The van der Waals surface area contributed by atoms with Gasteiger partial charge >= 0.3 is 0 Å². The van der Waals surface area contributed by atoms with Crippen LogP contribution in [0.3, 0.4) is 0 Å². The summed E-state index contributed by atoms with van der Waals surface area (Å²) in [6.07, 6.45) is 4.34. The van der Waals surface area contributed by atoms with Gasteiger partial charge in [0.1, 0.15) is 0 Å². The minimum atomic E-state index is 0.0657. The van der Waals surface area contributed by atoms with Gasteiger partial charge in [-0.25, -0.2) is 0 Å². The summed E-state index contributed by atoms with van der Waals surface area (Å²) in [5.41, 5.74) is 1.86. The molecule has 0 spiro atoms. The number of rotatable bonds is 5. The zero-order chi connectivity index (χ0) is 17.6. The topological polar surface area (TPSA) is 35.6 Å². The first-order valence-corrected chi connectivity index (χ1v) is 10.8. The summed E-state index contributed by atoms with van der Waals surface area (Å²) in [6, 6.07) is 6.46. The van der Waals surface area contributed by atoms with Gasteiger partial charge in [-0.15, -0.1) is 0 Å². The highest BCUT2D eigenvalue weighted by Gasteiger charge is 2.19. The first-order valence-electron chi connectivity index (χ1n) is 9.29. The van der Waals surface area contributed by atoms with Crippen LogP contribution in [-0.4, -0.2) is 54.5 Å². The van der Waals surface area contributed by atoms with Crippen LogP contribution in [0.5, 0.6) is 0 Å². The van der Waals surface area contributed by atoms with Crippen molar-refractivity contribution in [2.45, 2.75) is 38.6 Å². The highest BCUT2D eigenvalue weighted by molar-refractivity contribution is 7.99. The van der Waals surface area contributed by atoms with Gasteiger partial charge in [-0.1, -0.05) is 18.0 Å². The Balaban J connectivity index is 1.51. The number of amides is 1. The number of carbonyl (C=O) groups is 1. The van der Waals surface area contributed by atoms with E-state index in [0.717, 1.165) is 49.1 Å². The molecule has 1 atom stereocenters. The molecule has 0 aliphatic carbocycles. The molecule has 4 nitrogen and oxygen atoms in total. The summed E-state index contributed by atoms with van der Waals surface area (Å²) < 4.78 is 0. The third-order valence-electron chi connectivity index (χ3n) is 5.15. The maximum atomic E-state index is 12.3. The van der Waals surface area contributed by atoms with Crippen molar-refractivity contribution in [3.05, 3.63) is 23.2 Å². The number of piperidine rings is 1. The van der Waals surface area contributed by atoms with Crippen molar-refractivity contribution >= 4 is 40.6 Å². The van der Waals surface area contributed by atoms with E-state index in [4.69, 9.17) is 11.6 Å². The zero-order valence-corrected chi connectivity index (χ0v) is 16.5. The lowest BCUT2D eigenvalue weighted by Gasteiger charge is -2.33. The van der Waals surface area contributed by atoms with Gasteiger partial charge in [0.2, 0.25) is 5.91 Å². The van der Waals surface area contributed by atoms with Crippen LogP contribution in [0.25, 0.3) is 0 Å². The minimum Gasteiger partial charge on any atom is -0.369 e. The Labute approximate surface area is 160 Å². The summed E-state index contributed by atoms with van der Waals surface area (Å²) >= 11 is 8.44. The molecule has 2 heterocycles. The third kappa shape index (κ3) is 5.28. The van der Waals surface area contributed by atoms with Gasteiger partial charge in [-0.2, -0.15) is 11.8 Å². The van der Waals surface area contributed by atoms with Gasteiger partial charge in [-0.05, 0) is 44.5 Å². The molecule has 25 heavy (non-hydrogen) atoms. The number of thioether (sulfide) groups is 1. The van der Waals surface area contributed by atoms with Crippen LogP contribution in [0, 0.1) is 0 Å². The van der Waals surface area contributed by atoms with Crippen LogP contribution in [0.1, 0.15) is 32.6 Å². The molecule has 138 valence electrons. The number of benzene rings is 1. The van der Waals surface area contributed by atoms with Crippen LogP contribution in [-0.2, 0) is 4.79 Å². The monoisotopic (exact) mass is 381 g/mol. The lowest BCUT2D eigenvalue weighted by atomic mass is 10.0. The molecule has 0 aromatic heterocycles. The number of nitrogens with one attached hydrogen (secondary N) is 1. The zero-order valence-electron chi connectivity index (χ0n) is 15.0. The highest BCUT2D eigenvalue weighted by Crippen LogP contribution is 2.30. The Hall–Kier alpha value is -0.910. The molecular formula is C19H28ClN3OS. The summed E-state index contributed by atoms with van der Waals surface area (Å²) in [5.74, 6) is 2.35. The lowest BCUT2D eigenvalue weighted by Crippen LogP contribution is -2.39. The van der Waals surface area contributed by atoms with Crippen molar-refractivity contribution in [1.82, 2.24) is 4.90 Å². The van der Waals surface area contributed by atoms with Crippen molar-refractivity contribution in [3.63, 3.8) is 0 Å². The number of nitrogens with zero attached hydrogens (tertiary/aromatic N) is 2. The van der Waals surface area contributed by atoms with E-state index in [-0.39, 0.29) is 5.91 Å². The van der Waals surface area contributed by atoms with Crippen molar-refractivity contribution in [2.24, 2.45) is 0 Å². The largest absolute Gasteiger partial charge is 0.369 e. The van der Waals surface area contributed by atoms with E-state index in [1.165, 1.54) is 19.3 Å². The van der Waals surface area contributed by atoms with Crippen LogP contribution in [0.4, 0.5) is 11.4 Å². The summed E-state index contributed by atoms with van der Waals surface area (Å²) in [5, 5.41) is 3.71. The second-order valence-electron chi connectivity index (χ2n) is 6.94. The minimum absolute atomic E-state index is 0.0657. The smallest absolute Gasteiger partial charge is 0.225 e. The highest BCUT2D eigenvalue weighted by atomic mass is 35.5. The predicted molar refractivity (Wildman–Crippen MR) is 109 cm³/mol. The molecule has 2 aliphatic heterocycles. The fraction of sp³-hybridized carbons (Fsp3) is 0.632. The lowest BCUT2D eigenvalue weighted by molar-refractivity contribution is -0.116. The molecule has 6 heteroatoms. The number of carbonyl (C=O) groups excluding carboxylic acids is 1. The average Bonchev–Trinajstić information content (AvgIpc) is 2.62. The number of likely N-dealkylation sites (tertiary alicyclic amines) is 1. The number of halogens is 1. The molecule has 2 aliphatic rings. The van der Waals surface area contributed by atoms with Crippen LogP contribution in [0.15, 0.2) is 18.2 Å². The Kier molecular flexibility index (Phi) is 6.91. The van der Waals surface area contributed by atoms with Crippen molar-refractivity contribution in [1.29, 1.82) is 0 Å². The van der Waals surface area contributed by atoms with Gasteiger partial charge in [0, 0.05) is 49.3 Å². The first-order chi connectivity index (χ1) is 12.1. The normalized spacial score (nSPS) is 22.0. The Morgan fingerprint density at radius 3 is 2.80 bits per heavy atom. The number of anilines is 2. The summed E-state index contributed by atoms with van der Waals surface area (Å²) in [6.45, 7) is 6.27. The van der Waals surface area contributed by atoms with Gasteiger partial charge in [0.25, 0.3) is 0 Å². The van der Waals surface area contributed by atoms with E-state index in [9.17, 15) is 4.79 Å². The predicted octanol–water partition coefficient (Wildman–Crippen LogP) is 4.10. The molecular weight excluding hydrogens is 354 g/mol. The van der Waals surface area contributed by atoms with Crippen LogP contribution >= 0.6 is 23.4 Å². The molecule has 1 N–H and O–H groups in total. The van der Waals surface area contributed by atoms with E-state index in [2.05, 4.69) is 22.0 Å². The van der Waals surface area contributed by atoms with Crippen LogP contribution < -0.4 is 10.2 Å². The fourth-order valence-electron chi connectivity index (χ4n) is 3.60.